The van der Waals surface area contributed by atoms with Gasteiger partial charge in [0.25, 0.3) is 0 Å². The van der Waals surface area contributed by atoms with Crippen LogP contribution in [0.1, 0.15) is 166 Å². The van der Waals surface area contributed by atoms with Crippen molar-refractivity contribution in [3.05, 3.63) is 0 Å². The third-order valence-electron chi connectivity index (χ3n) is 10.7. The molecular formula is C52H91N11O15. The lowest BCUT2D eigenvalue weighted by Crippen LogP contribution is -2.58. The molecule has 0 unspecified atom stereocenters. The number of nitrogens with two attached hydrogens (primary N) is 1. The molecule has 0 aromatic carbocycles. The number of aliphatic carboxylic acids is 1. The highest BCUT2D eigenvalue weighted by Gasteiger charge is 2.32. The second-order valence-electron chi connectivity index (χ2n) is 21.7. The van der Waals surface area contributed by atoms with Crippen molar-refractivity contribution < 1.29 is 72.1 Å². The number of rotatable bonds is 35. The summed E-state index contributed by atoms with van der Waals surface area (Å²) in [6, 6.07) is -7.61. The maximum Gasteiger partial charge on any atom is 0.407 e. The fourth-order valence-electron chi connectivity index (χ4n) is 6.78. The van der Waals surface area contributed by atoms with Crippen LogP contribution in [0.25, 0.3) is 0 Å². The van der Waals surface area contributed by atoms with Crippen LogP contribution >= 0.6 is 0 Å². The Balaban J connectivity index is 6.51. The number of nitrogens with one attached hydrogen (secondary N) is 10. The lowest BCUT2D eigenvalue weighted by molar-refractivity contribution is -0.142. The summed E-state index contributed by atoms with van der Waals surface area (Å²) >= 11 is 0. The Morgan fingerprint density at radius 1 is 0.449 bits per heavy atom. The van der Waals surface area contributed by atoms with Gasteiger partial charge in [-0.25, -0.2) is 19.2 Å². The van der Waals surface area contributed by atoms with E-state index in [-0.39, 0.29) is 90.5 Å². The number of alkyl carbamates (subject to hydrolysis) is 3. The van der Waals surface area contributed by atoms with Gasteiger partial charge in [-0.2, -0.15) is 0 Å². The van der Waals surface area contributed by atoms with Crippen molar-refractivity contribution in [3.63, 3.8) is 0 Å². The molecule has 0 bridgehead atoms. The maximum absolute atomic E-state index is 14.4. The Kier molecular flexibility index (Phi) is 33.7. The number of hydrogen-bond acceptors (Lipinski definition) is 15. The third-order valence-corrected chi connectivity index (χ3v) is 10.7. The van der Waals surface area contributed by atoms with E-state index in [1.54, 1.807) is 62.3 Å². The van der Waals surface area contributed by atoms with Crippen LogP contribution in [0.3, 0.4) is 0 Å². The first-order chi connectivity index (χ1) is 36.2. The number of amides is 10. The van der Waals surface area contributed by atoms with Gasteiger partial charge in [0.1, 0.15) is 47.0 Å². The minimum Gasteiger partial charge on any atom is -0.480 e. The molecule has 0 fully saturated rings. The van der Waals surface area contributed by atoms with Crippen molar-refractivity contribution in [2.45, 2.75) is 219 Å². The quantitative estimate of drug-likeness (QED) is 0.0244. The van der Waals surface area contributed by atoms with E-state index in [0.717, 1.165) is 0 Å². The number of carbonyl (C=O) groups excluding carboxylic acids is 10. The molecule has 0 aliphatic heterocycles. The normalized spacial score (nSPS) is 13.6. The minimum atomic E-state index is -1.36. The van der Waals surface area contributed by atoms with Gasteiger partial charge in [0.2, 0.25) is 41.4 Å². The van der Waals surface area contributed by atoms with Crippen LogP contribution in [0.2, 0.25) is 0 Å². The van der Waals surface area contributed by atoms with Crippen molar-refractivity contribution >= 4 is 65.6 Å². The lowest BCUT2D eigenvalue weighted by atomic mass is 10.0. The lowest BCUT2D eigenvalue weighted by Gasteiger charge is -2.27. The largest absolute Gasteiger partial charge is 0.480 e. The predicted molar refractivity (Wildman–Crippen MR) is 289 cm³/mol. The highest BCUT2D eigenvalue weighted by molar-refractivity contribution is 5.96. The number of ether oxygens (including phenoxy) is 3. The summed E-state index contributed by atoms with van der Waals surface area (Å²) in [4.78, 5) is 142. The fraction of sp³-hybridized carbons (Fsp3) is 0.750. The average Bonchev–Trinajstić information content (AvgIpc) is 3.30. The van der Waals surface area contributed by atoms with Crippen LogP contribution in [0.4, 0.5) is 14.4 Å². The van der Waals surface area contributed by atoms with Gasteiger partial charge in [-0.15, -0.1) is 6.42 Å². The Morgan fingerprint density at radius 3 is 1.09 bits per heavy atom. The molecule has 0 aromatic rings. The maximum atomic E-state index is 14.4. The first kappa shape index (κ1) is 71.1. The van der Waals surface area contributed by atoms with Gasteiger partial charge in [-0.05, 0) is 153 Å². The molecule has 10 amide bonds. The highest BCUT2D eigenvalue weighted by Crippen LogP contribution is 2.12. The number of carbonyl (C=O) groups is 11. The summed E-state index contributed by atoms with van der Waals surface area (Å²) in [6.45, 7) is 18.8. The Morgan fingerprint density at radius 2 is 0.756 bits per heavy atom. The molecule has 444 valence electrons. The summed E-state index contributed by atoms with van der Waals surface area (Å²) in [5.41, 5.74) is 3.63. The minimum absolute atomic E-state index is 0.0131. The van der Waals surface area contributed by atoms with Gasteiger partial charge in [-0.3, -0.25) is 33.6 Å². The van der Waals surface area contributed by atoms with Crippen molar-refractivity contribution in [3.8, 4) is 12.3 Å². The van der Waals surface area contributed by atoms with Crippen LogP contribution < -0.4 is 58.9 Å². The molecule has 0 aliphatic rings. The molecule has 26 heteroatoms. The number of unbranched alkanes of at least 4 members (excludes halogenated alkanes) is 4. The molecule has 0 radical (unpaired) electrons. The Labute approximate surface area is 459 Å². The second kappa shape index (κ2) is 37.0. The fourth-order valence-corrected chi connectivity index (χ4v) is 6.78. The molecule has 0 heterocycles. The van der Waals surface area contributed by atoms with E-state index in [1.165, 1.54) is 13.8 Å². The summed E-state index contributed by atoms with van der Waals surface area (Å²) in [5, 5.41) is 35.8. The second-order valence-corrected chi connectivity index (χ2v) is 21.7. The van der Waals surface area contributed by atoms with Crippen LogP contribution in [0, 0.1) is 12.3 Å². The molecule has 0 spiro atoms. The standard InChI is InChI=1S/C52H91N11O15/c1-13-28-54-39(64)26-27-40(65)55-29-18-14-24-37(62-44(69)36(60-41(66)33(2)53)23-16-20-31-57-48(74)77-51(7,8)9)45(70)61-35(22-15-19-30-56-47(73)76-50(4,5)6)43(68)59-34(3)42(67)63-38(46(71)72)25-17-21-32-58-49(75)78-52(10,11)12/h1,33-38H,14-32,53H2,2-12H3,(H,54,64)(H,55,65)(H,56,73)(H,57,74)(H,58,75)(H,59,68)(H,60,66)(H,61,70)(H,62,69)(H,63,67)(H,71,72)/t33-,34-,35+,36+,37-,38+/m1/s1. The molecule has 0 saturated carbocycles. The van der Waals surface area contributed by atoms with E-state index < -0.39 is 119 Å². The summed E-state index contributed by atoms with van der Waals surface area (Å²) < 4.78 is 15.7. The van der Waals surface area contributed by atoms with E-state index in [1.807, 2.05) is 0 Å². The number of carboxylic acids is 1. The highest BCUT2D eigenvalue weighted by atomic mass is 16.6. The summed E-state index contributed by atoms with van der Waals surface area (Å²) in [6.07, 6.45) is 5.36. The van der Waals surface area contributed by atoms with Gasteiger partial charge >= 0.3 is 24.2 Å². The third kappa shape index (κ3) is 37.0. The molecule has 6 atom stereocenters. The van der Waals surface area contributed by atoms with Crippen molar-refractivity contribution in [1.29, 1.82) is 0 Å². The van der Waals surface area contributed by atoms with Gasteiger partial charge in [-0.1, -0.05) is 5.92 Å². The van der Waals surface area contributed by atoms with E-state index in [4.69, 9.17) is 26.4 Å². The van der Waals surface area contributed by atoms with Crippen molar-refractivity contribution in [1.82, 2.24) is 53.2 Å². The molecule has 13 N–H and O–H groups in total. The van der Waals surface area contributed by atoms with Crippen LogP contribution in [-0.2, 0) is 52.6 Å². The smallest absolute Gasteiger partial charge is 0.407 e. The van der Waals surface area contributed by atoms with Crippen LogP contribution in [-0.4, -0.2) is 156 Å². The first-order valence-electron chi connectivity index (χ1n) is 26.6. The number of hydrogen-bond donors (Lipinski definition) is 12. The van der Waals surface area contributed by atoms with E-state index in [9.17, 15) is 57.8 Å². The van der Waals surface area contributed by atoms with Crippen LogP contribution in [0.15, 0.2) is 0 Å². The van der Waals surface area contributed by atoms with E-state index >= 15 is 0 Å². The summed E-state index contributed by atoms with van der Waals surface area (Å²) in [7, 11) is 0. The molecular weight excluding hydrogens is 1020 g/mol. The number of terminal acetylenes is 1. The number of carboxylic acid groups (broad SMARTS) is 1. The van der Waals surface area contributed by atoms with Gasteiger partial charge in [0, 0.05) is 39.0 Å². The zero-order valence-electron chi connectivity index (χ0n) is 47.7. The molecule has 0 aliphatic carbocycles. The summed E-state index contributed by atoms with van der Waals surface area (Å²) in [5.74, 6) is -3.83. The van der Waals surface area contributed by atoms with Gasteiger partial charge < -0.3 is 78.2 Å². The monoisotopic (exact) mass is 1110 g/mol. The van der Waals surface area contributed by atoms with Gasteiger partial charge in [0.15, 0.2) is 0 Å². The molecule has 78 heavy (non-hydrogen) atoms. The topological polar surface area (TPSA) is 382 Å². The van der Waals surface area contributed by atoms with E-state index in [2.05, 4.69) is 59.1 Å². The van der Waals surface area contributed by atoms with Gasteiger partial charge in [0.05, 0.1) is 12.6 Å². The first-order valence-corrected chi connectivity index (χ1v) is 26.6. The van der Waals surface area contributed by atoms with E-state index in [0.29, 0.717) is 32.1 Å². The molecule has 26 nitrogen and oxygen atoms in total. The molecule has 0 saturated heterocycles. The molecule has 0 rings (SSSR count). The molecule has 0 aromatic heterocycles. The zero-order valence-corrected chi connectivity index (χ0v) is 47.7. The Hall–Kier alpha value is -6.91. The van der Waals surface area contributed by atoms with Crippen molar-refractivity contribution in [2.24, 2.45) is 5.73 Å². The Bertz CT molecular complexity index is 2010. The average molecular weight is 1110 g/mol. The van der Waals surface area contributed by atoms with Crippen molar-refractivity contribution in [2.75, 3.05) is 32.7 Å². The predicted octanol–water partition coefficient (Wildman–Crippen LogP) is 1.76. The van der Waals surface area contributed by atoms with Crippen LogP contribution in [0.5, 0.6) is 0 Å². The SMILES string of the molecule is C#CCNC(=O)CCC(=O)NCCCC[C@@H](NC(=O)[C@H](CCCCNC(=O)OC(C)(C)C)NC(=O)[C@@H](C)N)C(=O)N[C@@H](CCCCNC(=O)OC(C)(C)C)C(=O)N[C@H](C)C(=O)N[C@@H](CCCCNC(=O)OC(C)(C)C)C(=O)O. The zero-order chi connectivity index (χ0) is 59.6.